The van der Waals surface area contributed by atoms with Crippen molar-refractivity contribution in [1.29, 1.82) is 0 Å². The minimum Gasteiger partial charge on any atom is -0.352 e. The fraction of sp³-hybridized carbons (Fsp3) is 0.538. The van der Waals surface area contributed by atoms with Crippen molar-refractivity contribution in [1.82, 2.24) is 14.6 Å². The number of aromatic nitrogens is 3. The van der Waals surface area contributed by atoms with Crippen molar-refractivity contribution in [3.8, 4) is 0 Å². The van der Waals surface area contributed by atoms with Gasteiger partial charge in [0.15, 0.2) is 5.65 Å². The summed E-state index contributed by atoms with van der Waals surface area (Å²) >= 11 is 2.05. The van der Waals surface area contributed by atoms with Crippen LogP contribution in [0.2, 0.25) is 0 Å². The predicted molar refractivity (Wildman–Crippen MR) is 76.3 cm³/mol. The van der Waals surface area contributed by atoms with Crippen LogP contribution in [0.3, 0.4) is 0 Å². The minimum atomic E-state index is 0.341. The Kier molecular flexibility index (Phi) is 2.93. The van der Waals surface area contributed by atoms with E-state index in [-0.39, 0.29) is 0 Å². The number of aryl methyl sites for hydroxylation is 1. The highest BCUT2D eigenvalue weighted by atomic mass is 32.2. The molecule has 2 aromatic rings. The van der Waals surface area contributed by atoms with Gasteiger partial charge in [-0.15, -0.1) is 5.10 Å². The summed E-state index contributed by atoms with van der Waals surface area (Å²) in [5, 5.41) is 7.82. The van der Waals surface area contributed by atoms with Crippen molar-refractivity contribution >= 4 is 23.4 Å². The lowest BCUT2D eigenvalue weighted by Gasteiger charge is -2.22. The largest absolute Gasteiger partial charge is 0.352 e. The molecule has 1 fully saturated rings. The van der Waals surface area contributed by atoms with Crippen molar-refractivity contribution in [2.45, 2.75) is 31.4 Å². The number of rotatable bonds is 3. The van der Waals surface area contributed by atoms with Crippen LogP contribution in [0.15, 0.2) is 18.3 Å². The van der Waals surface area contributed by atoms with Gasteiger partial charge in [-0.05, 0) is 44.1 Å². The van der Waals surface area contributed by atoms with Crippen LogP contribution in [0.25, 0.3) is 5.65 Å². The Balaban J connectivity index is 1.74. The number of fused-ring (bicyclic) bond motifs is 1. The zero-order valence-electron chi connectivity index (χ0n) is 10.8. The van der Waals surface area contributed by atoms with Gasteiger partial charge in [-0.3, -0.25) is 0 Å². The third-order valence-electron chi connectivity index (χ3n) is 3.40. The maximum absolute atomic E-state index is 4.48. The summed E-state index contributed by atoms with van der Waals surface area (Å²) in [6.45, 7) is 5.32. The summed E-state index contributed by atoms with van der Waals surface area (Å²) in [4.78, 5) is 4.48. The van der Waals surface area contributed by atoms with Crippen molar-refractivity contribution in [2.75, 3.05) is 17.6 Å². The zero-order valence-corrected chi connectivity index (χ0v) is 11.6. The van der Waals surface area contributed by atoms with Gasteiger partial charge >= 0.3 is 0 Å². The first kappa shape index (κ1) is 11.8. The van der Waals surface area contributed by atoms with E-state index in [1.807, 2.05) is 28.5 Å². The Morgan fingerprint density at radius 3 is 3.17 bits per heavy atom. The molecule has 18 heavy (non-hydrogen) atoms. The molecule has 4 nitrogen and oxygen atoms in total. The van der Waals surface area contributed by atoms with Gasteiger partial charge in [-0.25, -0.2) is 4.52 Å². The quantitative estimate of drug-likeness (QED) is 0.923. The van der Waals surface area contributed by atoms with Gasteiger partial charge in [0.05, 0.1) is 0 Å². The molecule has 1 N–H and O–H groups in total. The normalized spacial score (nSPS) is 23.7. The van der Waals surface area contributed by atoms with E-state index in [1.165, 1.54) is 24.2 Å². The van der Waals surface area contributed by atoms with E-state index >= 15 is 0 Å². The van der Waals surface area contributed by atoms with Crippen LogP contribution in [0.4, 0.5) is 5.95 Å². The summed E-state index contributed by atoms with van der Waals surface area (Å²) in [5.74, 6) is 2.00. The first-order valence-corrected chi connectivity index (χ1v) is 7.34. The molecular formula is C13H18N4S. The molecule has 0 saturated carbocycles. The molecule has 1 atom stereocenters. The number of hydrogen-bond donors (Lipinski definition) is 1. The Hall–Kier alpha value is -1.23. The molecule has 96 valence electrons. The summed E-state index contributed by atoms with van der Waals surface area (Å²) in [5.41, 5.74) is 2.09. The van der Waals surface area contributed by atoms with Gasteiger partial charge in [-0.1, -0.05) is 6.07 Å². The second kappa shape index (κ2) is 4.46. The first-order chi connectivity index (χ1) is 8.65. The van der Waals surface area contributed by atoms with Crippen LogP contribution in [-0.2, 0) is 0 Å². The minimum absolute atomic E-state index is 0.341. The molecule has 0 radical (unpaired) electrons. The highest BCUT2D eigenvalue weighted by Gasteiger charge is 2.29. The van der Waals surface area contributed by atoms with E-state index in [4.69, 9.17) is 0 Å². The van der Waals surface area contributed by atoms with E-state index in [0.717, 1.165) is 18.1 Å². The molecular weight excluding hydrogens is 244 g/mol. The van der Waals surface area contributed by atoms with Gasteiger partial charge in [-0.2, -0.15) is 16.7 Å². The van der Waals surface area contributed by atoms with E-state index in [2.05, 4.69) is 35.3 Å². The van der Waals surface area contributed by atoms with Crippen LogP contribution < -0.4 is 5.32 Å². The van der Waals surface area contributed by atoms with Crippen molar-refractivity contribution in [3.05, 3.63) is 23.9 Å². The molecule has 1 aliphatic heterocycles. The topological polar surface area (TPSA) is 42.2 Å². The van der Waals surface area contributed by atoms with Crippen LogP contribution in [-0.4, -0.2) is 31.6 Å². The van der Waals surface area contributed by atoms with Crippen LogP contribution in [0.1, 0.15) is 25.3 Å². The molecule has 3 rings (SSSR count). The molecule has 0 aromatic carbocycles. The summed E-state index contributed by atoms with van der Waals surface area (Å²) < 4.78 is 2.18. The molecule has 0 amide bonds. The van der Waals surface area contributed by atoms with Crippen molar-refractivity contribution in [3.63, 3.8) is 0 Å². The molecule has 3 heterocycles. The number of hydrogen-bond acceptors (Lipinski definition) is 4. The zero-order chi connectivity index (χ0) is 12.6. The Labute approximate surface area is 111 Å². The van der Waals surface area contributed by atoms with E-state index in [1.54, 1.807) is 0 Å². The number of nitrogens with one attached hydrogen (secondary N) is 1. The van der Waals surface area contributed by atoms with Crippen molar-refractivity contribution < 1.29 is 0 Å². The lowest BCUT2D eigenvalue weighted by atomic mass is 10.1. The van der Waals surface area contributed by atoms with Gasteiger partial charge in [0.1, 0.15) is 0 Å². The maximum atomic E-state index is 4.48. The molecule has 1 aliphatic rings. The SMILES string of the molecule is Cc1ccc2nc(NCC3(C)CCCS3)nn2c1. The van der Waals surface area contributed by atoms with Crippen LogP contribution >= 0.6 is 11.8 Å². The number of thioether (sulfide) groups is 1. The third kappa shape index (κ3) is 2.32. The second-order valence-electron chi connectivity index (χ2n) is 5.20. The highest BCUT2D eigenvalue weighted by molar-refractivity contribution is 8.00. The average Bonchev–Trinajstić information content (AvgIpc) is 2.93. The molecule has 0 bridgehead atoms. The number of anilines is 1. The number of nitrogens with zero attached hydrogens (tertiary/aromatic N) is 3. The third-order valence-corrected chi connectivity index (χ3v) is 4.94. The first-order valence-electron chi connectivity index (χ1n) is 6.36. The summed E-state index contributed by atoms with van der Waals surface area (Å²) in [6.07, 6.45) is 4.59. The van der Waals surface area contributed by atoms with Gasteiger partial charge in [0.2, 0.25) is 5.95 Å². The molecule has 1 saturated heterocycles. The van der Waals surface area contributed by atoms with E-state index in [0.29, 0.717) is 4.75 Å². The van der Waals surface area contributed by atoms with E-state index < -0.39 is 0 Å². The Morgan fingerprint density at radius 1 is 1.50 bits per heavy atom. The molecule has 0 spiro atoms. The molecule has 5 heteroatoms. The van der Waals surface area contributed by atoms with Gasteiger partial charge in [0, 0.05) is 17.5 Å². The fourth-order valence-corrected chi connectivity index (χ4v) is 3.55. The molecule has 2 aromatic heterocycles. The highest BCUT2D eigenvalue weighted by Crippen LogP contribution is 2.37. The van der Waals surface area contributed by atoms with Crippen molar-refractivity contribution in [2.24, 2.45) is 0 Å². The van der Waals surface area contributed by atoms with Crippen LogP contribution in [0.5, 0.6) is 0 Å². The smallest absolute Gasteiger partial charge is 0.243 e. The summed E-state index contributed by atoms with van der Waals surface area (Å²) in [6, 6.07) is 4.06. The monoisotopic (exact) mass is 262 g/mol. The standard InChI is InChI=1S/C13H18N4S/c1-10-4-5-11-15-12(16-17(11)8-10)14-9-13(2)6-3-7-18-13/h4-5,8H,3,6-7,9H2,1-2H3,(H,14,16). The van der Waals surface area contributed by atoms with Crippen LogP contribution in [0, 0.1) is 6.92 Å². The van der Waals surface area contributed by atoms with E-state index in [9.17, 15) is 0 Å². The Bertz CT molecular complexity index is 557. The Morgan fingerprint density at radius 2 is 2.39 bits per heavy atom. The van der Waals surface area contributed by atoms with Gasteiger partial charge < -0.3 is 5.32 Å². The predicted octanol–water partition coefficient (Wildman–Crippen LogP) is 2.74. The average molecular weight is 262 g/mol. The lowest BCUT2D eigenvalue weighted by Crippen LogP contribution is -2.27. The number of pyridine rings is 1. The van der Waals surface area contributed by atoms with Gasteiger partial charge in [0.25, 0.3) is 0 Å². The maximum Gasteiger partial charge on any atom is 0.243 e. The molecule has 1 unspecified atom stereocenters. The fourth-order valence-electron chi connectivity index (χ4n) is 2.30. The lowest BCUT2D eigenvalue weighted by molar-refractivity contribution is 0.632. The molecule has 0 aliphatic carbocycles. The summed E-state index contributed by atoms with van der Waals surface area (Å²) in [7, 11) is 0. The second-order valence-corrected chi connectivity index (χ2v) is 6.88.